The molecule has 28 heavy (non-hydrogen) atoms. The number of benzene rings is 1. The predicted octanol–water partition coefficient (Wildman–Crippen LogP) is 0.481. The van der Waals surface area contributed by atoms with Crippen LogP contribution in [0, 0.1) is 0 Å². The van der Waals surface area contributed by atoms with Gasteiger partial charge < -0.3 is 14.7 Å². The van der Waals surface area contributed by atoms with Gasteiger partial charge in [-0.05, 0) is 28.6 Å². The van der Waals surface area contributed by atoms with Crippen LogP contribution >= 0.6 is 0 Å². The van der Waals surface area contributed by atoms with Gasteiger partial charge in [0.25, 0.3) is 5.91 Å². The highest BCUT2D eigenvalue weighted by atomic mass is 16.2. The minimum Gasteiger partial charge on any atom is -0.376 e. The molecule has 3 aromatic rings. The highest BCUT2D eigenvalue weighted by Gasteiger charge is 2.23. The zero-order chi connectivity index (χ0) is 19.5. The van der Waals surface area contributed by atoms with Crippen LogP contribution < -0.4 is 9.80 Å². The lowest BCUT2D eigenvalue weighted by Gasteiger charge is -2.35. The maximum atomic E-state index is 12.9. The highest BCUT2D eigenvalue weighted by Crippen LogP contribution is 2.19. The molecule has 0 bridgehead atoms. The highest BCUT2D eigenvalue weighted by molar-refractivity contribution is 5.95. The summed E-state index contributed by atoms with van der Waals surface area (Å²) in [7, 11) is 3.95. The topological polar surface area (TPSA) is 96.2 Å². The van der Waals surface area contributed by atoms with Crippen molar-refractivity contribution in [3.63, 3.8) is 0 Å². The van der Waals surface area contributed by atoms with Crippen molar-refractivity contribution in [3.8, 4) is 5.69 Å². The van der Waals surface area contributed by atoms with E-state index in [1.165, 1.54) is 11.0 Å². The van der Waals surface area contributed by atoms with E-state index in [1.807, 2.05) is 48.2 Å². The van der Waals surface area contributed by atoms with Crippen molar-refractivity contribution in [2.45, 2.75) is 0 Å². The third kappa shape index (κ3) is 3.61. The van der Waals surface area contributed by atoms with Gasteiger partial charge in [0.15, 0.2) is 5.82 Å². The molecule has 2 aromatic heterocycles. The summed E-state index contributed by atoms with van der Waals surface area (Å²) < 4.78 is 1.53. The molecule has 0 spiro atoms. The molecule has 10 nitrogen and oxygen atoms in total. The Hall–Kier alpha value is -3.56. The van der Waals surface area contributed by atoms with E-state index < -0.39 is 0 Å². The first-order chi connectivity index (χ1) is 13.6. The molecule has 1 fully saturated rings. The number of tetrazole rings is 1. The Labute approximate surface area is 162 Å². The number of carbonyl (C=O) groups excluding carboxylic acids is 1. The van der Waals surface area contributed by atoms with Gasteiger partial charge in [0.05, 0.1) is 17.6 Å². The monoisotopic (exact) mass is 379 g/mol. The minimum atomic E-state index is 0.00250. The minimum absolute atomic E-state index is 0.00250. The van der Waals surface area contributed by atoms with Crippen molar-refractivity contribution in [2.24, 2.45) is 0 Å². The van der Waals surface area contributed by atoms with Crippen LogP contribution in [0.1, 0.15) is 10.4 Å². The van der Waals surface area contributed by atoms with Crippen LogP contribution in [-0.4, -0.2) is 81.5 Å². The fourth-order valence-corrected chi connectivity index (χ4v) is 3.13. The van der Waals surface area contributed by atoms with Gasteiger partial charge in [-0.25, -0.2) is 4.68 Å². The van der Waals surface area contributed by atoms with E-state index in [1.54, 1.807) is 12.3 Å². The third-order valence-corrected chi connectivity index (χ3v) is 4.74. The summed E-state index contributed by atoms with van der Waals surface area (Å²) in [6, 6.07) is 9.33. The second-order valence-corrected chi connectivity index (χ2v) is 6.75. The molecule has 4 rings (SSSR count). The SMILES string of the molecule is CN(C)c1cnnc(N2CCN(C(=O)c3cccc(-n4cnnn4)c3)CC2)c1. The van der Waals surface area contributed by atoms with Gasteiger partial charge in [0.1, 0.15) is 6.33 Å². The average molecular weight is 379 g/mol. The first-order valence-corrected chi connectivity index (χ1v) is 8.99. The molecule has 1 aliphatic rings. The van der Waals surface area contributed by atoms with Crippen LogP contribution in [0.25, 0.3) is 5.69 Å². The Morgan fingerprint density at radius 2 is 1.89 bits per heavy atom. The summed E-state index contributed by atoms with van der Waals surface area (Å²) in [5.41, 5.74) is 2.38. The van der Waals surface area contributed by atoms with E-state index in [-0.39, 0.29) is 5.91 Å². The number of aromatic nitrogens is 6. The normalized spacial score (nSPS) is 14.2. The van der Waals surface area contributed by atoms with Crippen LogP contribution in [0.2, 0.25) is 0 Å². The summed E-state index contributed by atoms with van der Waals surface area (Å²) >= 11 is 0. The molecule has 0 unspecified atom stereocenters. The summed E-state index contributed by atoms with van der Waals surface area (Å²) in [5.74, 6) is 0.835. The quantitative estimate of drug-likeness (QED) is 0.646. The zero-order valence-electron chi connectivity index (χ0n) is 15.8. The fourth-order valence-electron chi connectivity index (χ4n) is 3.13. The number of hydrogen-bond acceptors (Lipinski definition) is 8. The molecule has 0 aliphatic carbocycles. The second-order valence-electron chi connectivity index (χ2n) is 6.75. The summed E-state index contributed by atoms with van der Waals surface area (Å²) in [5, 5.41) is 19.5. The van der Waals surface area contributed by atoms with Gasteiger partial charge in [-0.1, -0.05) is 6.07 Å². The van der Waals surface area contributed by atoms with Crippen molar-refractivity contribution in [1.29, 1.82) is 0 Å². The Morgan fingerprint density at radius 1 is 1.07 bits per heavy atom. The summed E-state index contributed by atoms with van der Waals surface area (Å²) in [4.78, 5) is 18.9. The molecule has 10 heteroatoms. The molecule has 0 N–H and O–H groups in total. The lowest BCUT2D eigenvalue weighted by molar-refractivity contribution is 0.0746. The smallest absolute Gasteiger partial charge is 0.254 e. The van der Waals surface area contributed by atoms with Gasteiger partial charge in [0, 0.05) is 51.9 Å². The Kier molecular flexibility index (Phi) is 4.83. The van der Waals surface area contributed by atoms with Gasteiger partial charge in [-0.3, -0.25) is 4.79 Å². The van der Waals surface area contributed by atoms with E-state index in [2.05, 4.69) is 30.6 Å². The maximum absolute atomic E-state index is 12.9. The molecule has 1 aliphatic heterocycles. The van der Waals surface area contributed by atoms with E-state index in [0.29, 0.717) is 31.7 Å². The first-order valence-electron chi connectivity index (χ1n) is 8.99. The predicted molar refractivity (Wildman–Crippen MR) is 104 cm³/mol. The van der Waals surface area contributed by atoms with E-state index in [4.69, 9.17) is 0 Å². The molecule has 0 saturated carbocycles. The van der Waals surface area contributed by atoms with Gasteiger partial charge >= 0.3 is 0 Å². The Morgan fingerprint density at radius 3 is 2.61 bits per heavy atom. The molecule has 0 atom stereocenters. The largest absolute Gasteiger partial charge is 0.376 e. The van der Waals surface area contributed by atoms with Gasteiger partial charge in [-0.15, -0.1) is 10.2 Å². The van der Waals surface area contributed by atoms with Crippen LogP contribution in [0.5, 0.6) is 0 Å². The number of hydrogen-bond donors (Lipinski definition) is 0. The Balaban J connectivity index is 1.43. The molecular formula is C18H21N9O. The molecule has 1 aromatic carbocycles. The molecular weight excluding hydrogens is 358 g/mol. The fraction of sp³-hybridized carbons (Fsp3) is 0.333. The second kappa shape index (κ2) is 7.59. The molecule has 1 amide bonds. The number of rotatable bonds is 4. The summed E-state index contributed by atoms with van der Waals surface area (Å²) in [6.07, 6.45) is 3.24. The molecule has 1 saturated heterocycles. The van der Waals surface area contributed by atoms with E-state index in [0.717, 1.165) is 17.2 Å². The lowest BCUT2D eigenvalue weighted by atomic mass is 10.1. The summed E-state index contributed by atoms with van der Waals surface area (Å²) in [6.45, 7) is 2.68. The molecule has 0 radical (unpaired) electrons. The number of nitrogens with zero attached hydrogens (tertiary/aromatic N) is 9. The van der Waals surface area contributed by atoms with Gasteiger partial charge in [-0.2, -0.15) is 5.10 Å². The van der Waals surface area contributed by atoms with Gasteiger partial charge in [0.2, 0.25) is 0 Å². The number of amides is 1. The number of anilines is 2. The van der Waals surface area contributed by atoms with Crippen LogP contribution in [-0.2, 0) is 0 Å². The standard InChI is InChI=1S/C18H21N9O/c1-24(2)16-11-17(21-19-12-16)25-6-8-26(9-7-25)18(28)14-4-3-5-15(10-14)27-13-20-22-23-27/h3-5,10-13H,6-9H2,1-2H3. The van der Waals surface area contributed by atoms with Crippen molar-refractivity contribution in [3.05, 3.63) is 48.4 Å². The van der Waals surface area contributed by atoms with Crippen LogP contribution in [0.3, 0.4) is 0 Å². The van der Waals surface area contributed by atoms with Crippen molar-refractivity contribution in [2.75, 3.05) is 50.1 Å². The van der Waals surface area contributed by atoms with Crippen molar-refractivity contribution < 1.29 is 4.79 Å². The number of piperazine rings is 1. The molecule has 144 valence electrons. The van der Waals surface area contributed by atoms with Crippen molar-refractivity contribution >= 4 is 17.4 Å². The van der Waals surface area contributed by atoms with Crippen LogP contribution in [0.15, 0.2) is 42.9 Å². The first kappa shape index (κ1) is 17.8. The van der Waals surface area contributed by atoms with E-state index >= 15 is 0 Å². The zero-order valence-corrected chi connectivity index (χ0v) is 15.8. The third-order valence-electron chi connectivity index (χ3n) is 4.74. The van der Waals surface area contributed by atoms with Crippen LogP contribution in [0.4, 0.5) is 11.5 Å². The number of carbonyl (C=O) groups is 1. The average Bonchev–Trinajstić information content (AvgIpc) is 3.28. The molecule has 3 heterocycles. The van der Waals surface area contributed by atoms with E-state index in [9.17, 15) is 4.79 Å². The Bertz CT molecular complexity index is 949. The van der Waals surface area contributed by atoms with Crippen molar-refractivity contribution in [1.82, 2.24) is 35.3 Å². The maximum Gasteiger partial charge on any atom is 0.254 e. The lowest BCUT2D eigenvalue weighted by Crippen LogP contribution is -2.49.